The van der Waals surface area contributed by atoms with Gasteiger partial charge in [0.2, 0.25) is 12.7 Å². The minimum Gasteiger partial charge on any atom is -0.507 e. The highest BCUT2D eigenvalue weighted by Gasteiger charge is 2.21. The molecule has 3 N–H and O–H groups in total. The molecular formula is C20H18N4O5. The number of nitrogens with zero attached hydrogens (tertiary/aromatic N) is 2. The van der Waals surface area contributed by atoms with Crippen LogP contribution in [-0.2, 0) is 4.79 Å². The molecule has 1 aliphatic rings. The molecule has 0 saturated heterocycles. The van der Waals surface area contributed by atoms with Gasteiger partial charge in [-0.1, -0.05) is 6.07 Å². The van der Waals surface area contributed by atoms with Gasteiger partial charge in [-0.15, -0.1) is 0 Å². The number of carbonyl (C=O) groups is 2. The molecule has 0 fully saturated rings. The average molecular weight is 394 g/mol. The van der Waals surface area contributed by atoms with E-state index in [9.17, 15) is 14.7 Å². The molecule has 0 aliphatic carbocycles. The Labute approximate surface area is 165 Å². The number of rotatable bonds is 5. The summed E-state index contributed by atoms with van der Waals surface area (Å²) in [5, 5.41) is 19.6. The number of aromatic nitrogens is 2. The first-order valence-electron chi connectivity index (χ1n) is 8.85. The lowest BCUT2D eigenvalue weighted by molar-refractivity contribution is -0.119. The maximum atomic E-state index is 12.6. The Hall–Kier alpha value is -4.01. The molecule has 2 amide bonds. The van der Waals surface area contributed by atoms with Crippen LogP contribution in [0.3, 0.4) is 0 Å². The van der Waals surface area contributed by atoms with E-state index in [1.807, 2.05) is 0 Å². The molecule has 1 atom stereocenters. The lowest BCUT2D eigenvalue weighted by atomic mass is 10.1. The summed E-state index contributed by atoms with van der Waals surface area (Å²) in [4.78, 5) is 25.0. The van der Waals surface area contributed by atoms with E-state index in [-0.39, 0.29) is 24.0 Å². The van der Waals surface area contributed by atoms with Crippen molar-refractivity contribution in [1.29, 1.82) is 0 Å². The summed E-state index contributed by atoms with van der Waals surface area (Å²) in [6.07, 6.45) is 3.31. The highest BCUT2D eigenvalue weighted by atomic mass is 16.7. The molecule has 1 aliphatic heterocycles. The van der Waals surface area contributed by atoms with Crippen LogP contribution in [0, 0.1) is 0 Å². The Morgan fingerprint density at radius 3 is 2.55 bits per heavy atom. The van der Waals surface area contributed by atoms with Crippen molar-refractivity contribution in [2.45, 2.75) is 13.0 Å². The number of benzene rings is 2. The van der Waals surface area contributed by atoms with E-state index in [2.05, 4.69) is 15.7 Å². The van der Waals surface area contributed by atoms with Crippen molar-refractivity contribution in [3.63, 3.8) is 0 Å². The third-order valence-electron chi connectivity index (χ3n) is 4.42. The molecule has 29 heavy (non-hydrogen) atoms. The van der Waals surface area contributed by atoms with E-state index in [1.54, 1.807) is 54.3 Å². The van der Waals surface area contributed by atoms with Gasteiger partial charge < -0.3 is 25.2 Å². The first-order chi connectivity index (χ1) is 14.0. The zero-order valence-electron chi connectivity index (χ0n) is 15.5. The lowest BCUT2D eigenvalue weighted by Gasteiger charge is -2.14. The Kier molecular flexibility index (Phi) is 4.78. The summed E-state index contributed by atoms with van der Waals surface area (Å²) in [5.74, 6) is -0.208. The summed E-state index contributed by atoms with van der Waals surface area (Å²) in [6, 6.07) is 10.7. The second-order valence-electron chi connectivity index (χ2n) is 6.41. The Morgan fingerprint density at radius 2 is 1.83 bits per heavy atom. The van der Waals surface area contributed by atoms with Gasteiger partial charge in [-0.25, -0.2) is 0 Å². The van der Waals surface area contributed by atoms with Crippen molar-refractivity contribution < 1.29 is 24.2 Å². The fourth-order valence-corrected chi connectivity index (χ4v) is 2.86. The van der Waals surface area contributed by atoms with Crippen LogP contribution < -0.4 is 20.1 Å². The molecule has 9 nitrogen and oxygen atoms in total. The smallest absolute Gasteiger partial charge is 0.259 e. The summed E-state index contributed by atoms with van der Waals surface area (Å²) < 4.78 is 12.0. The van der Waals surface area contributed by atoms with Gasteiger partial charge in [-0.05, 0) is 31.2 Å². The Morgan fingerprint density at radius 1 is 1.10 bits per heavy atom. The number of amides is 2. The predicted molar refractivity (Wildman–Crippen MR) is 104 cm³/mol. The highest BCUT2D eigenvalue weighted by Crippen LogP contribution is 2.37. The number of nitrogens with one attached hydrogen (secondary N) is 2. The van der Waals surface area contributed by atoms with Crippen LogP contribution in [0.15, 0.2) is 54.9 Å². The third kappa shape index (κ3) is 3.84. The van der Waals surface area contributed by atoms with E-state index < -0.39 is 11.9 Å². The van der Waals surface area contributed by atoms with Crippen LogP contribution in [0.25, 0.3) is 0 Å². The maximum absolute atomic E-state index is 12.6. The second-order valence-corrected chi connectivity index (χ2v) is 6.41. The average Bonchev–Trinajstić information content (AvgIpc) is 3.38. The monoisotopic (exact) mass is 394 g/mol. The van der Waals surface area contributed by atoms with Crippen molar-refractivity contribution >= 4 is 23.2 Å². The number of phenolic OH excluding ortho intramolecular Hbond substituents is 1. The number of hydrogen-bond donors (Lipinski definition) is 3. The van der Waals surface area contributed by atoms with Crippen LogP contribution in [0.2, 0.25) is 0 Å². The number of phenols is 1. The van der Waals surface area contributed by atoms with Gasteiger partial charge in [0, 0.05) is 35.9 Å². The van der Waals surface area contributed by atoms with Gasteiger partial charge in [0.1, 0.15) is 11.8 Å². The summed E-state index contributed by atoms with van der Waals surface area (Å²) in [5.41, 5.74) is 1.02. The first kappa shape index (κ1) is 18.4. The summed E-state index contributed by atoms with van der Waals surface area (Å²) >= 11 is 0. The molecule has 0 bridgehead atoms. The Balaban J connectivity index is 1.46. The van der Waals surface area contributed by atoms with E-state index in [4.69, 9.17) is 9.47 Å². The predicted octanol–water partition coefficient (Wildman–Crippen LogP) is 2.77. The number of hydrogen-bond acceptors (Lipinski definition) is 6. The van der Waals surface area contributed by atoms with E-state index in [0.29, 0.717) is 22.9 Å². The normalized spacial score (nSPS) is 13.0. The summed E-state index contributed by atoms with van der Waals surface area (Å²) in [6.45, 7) is 1.77. The zero-order valence-corrected chi connectivity index (χ0v) is 15.5. The van der Waals surface area contributed by atoms with Crippen LogP contribution in [0.4, 0.5) is 11.4 Å². The molecular weight excluding hydrogens is 376 g/mol. The van der Waals surface area contributed by atoms with Crippen molar-refractivity contribution in [3.05, 3.63) is 60.4 Å². The topological polar surface area (TPSA) is 115 Å². The zero-order chi connectivity index (χ0) is 20.4. The van der Waals surface area contributed by atoms with Crippen LogP contribution in [0.5, 0.6) is 17.2 Å². The highest BCUT2D eigenvalue weighted by molar-refractivity contribution is 6.07. The molecule has 0 radical (unpaired) electrons. The molecule has 9 heteroatoms. The van der Waals surface area contributed by atoms with Gasteiger partial charge in [0.25, 0.3) is 5.91 Å². The quantitative estimate of drug-likeness (QED) is 0.613. The van der Waals surface area contributed by atoms with Gasteiger partial charge >= 0.3 is 0 Å². The second kappa shape index (κ2) is 7.55. The van der Waals surface area contributed by atoms with E-state index >= 15 is 0 Å². The van der Waals surface area contributed by atoms with Gasteiger partial charge in [0.05, 0.1) is 5.56 Å². The summed E-state index contributed by atoms with van der Waals surface area (Å²) in [7, 11) is 0. The van der Waals surface area contributed by atoms with Crippen LogP contribution in [0.1, 0.15) is 23.3 Å². The van der Waals surface area contributed by atoms with Crippen molar-refractivity contribution in [1.82, 2.24) is 9.78 Å². The van der Waals surface area contributed by atoms with Gasteiger partial charge in [-0.2, -0.15) is 5.10 Å². The van der Waals surface area contributed by atoms with Crippen LogP contribution >= 0.6 is 0 Å². The number of ether oxygens (including phenoxy) is 2. The number of fused-ring (bicyclic) bond motifs is 1. The minimum atomic E-state index is -0.519. The number of aromatic hydroxyl groups is 1. The standard InChI is InChI=1S/C20H18N4O5/c1-12(24-7-3-6-21-24)19(26)22-13-4-2-5-14(8-13)23-20(27)15-9-17-18(10-16(15)25)29-11-28-17/h2-10,12,25H,11H2,1H3,(H,22,26)(H,23,27)/t12-/m1/s1. The van der Waals surface area contributed by atoms with Gasteiger partial charge in [-0.3, -0.25) is 14.3 Å². The van der Waals surface area contributed by atoms with Crippen LogP contribution in [-0.4, -0.2) is 33.5 Å². The number of carbonyl (C=O) groups excluding carboxylic acids is 2. The van der Waals surface area contributed by atoms with Crippen molar-refractivity contribution in [3.8, 4) is 17.2 Å². The fourth-order valence-electron chi connectivity index (χ4n) is 2.86. The maximum Gasteiger partial charge on any atom is 0.259 e. The molecule has 0 unspecified atom stereocenters. The van der Waals surface area contributed by atoms with E-state index in [1.165, 1.54) is 12.1 Å². The van der Waals surface area contributed by atoms with E-state index in [0.717, 1.165) is 0 Å². The van der Waals surface area contributed by atoms with Gasteiger partial charge in [0.15, 0.2) is 11.5 Å². The van der Waals surface area contributed by atoms with Crippen molar-refractivity contribution in [2.75, 3.05) is 17.4 Å². The molecule has 2 aromatic carbocycles. The third-order valence-corrected chi connectivity index (χ3v) is 4.42. The first-order valence-corrected chi connectivity index (χ1v) is 8.85. The Bertz CT molecular complexity index is 1060. The molecule has 1 aromatic heterocycles. The lowest BCUT2D eigenvalue weighted by Crippen LogP contribution is -2.24. The molecule has 148 valence electrons. The molecule has 2 heterocycles. The largest absolute Gasteiger partial charge is 0.507 e. The number of anilines is 2. The fraction of sp³-hybridized carbons (Fsp3) is 0.150. The minimum absolute atomic E-state index is 0.0402. The van der Waals surface area contributed by atoms with Crippen molar-refractivity contribution in [2.24, 2.45) is 0 Å². The SMILES string of the molecule is C[C@H](C(=O)Nc1cccc(NC(=O)c2cc3c(cc2O)OCO3)c1)n1cccn1. The molecule has 4 rings (SSSR count). The molecule has 0 spiro atoms. The molecule has 3 aromatic rings. The molecule has 0 saturated carbocycles.